The molecule has 0 saturated heterocycles. The van der Waals surface area contributed by atoms with Crippen LogP contribution in [0.15, 0.2) is 47.3 Å². The zero-order chi connectivity index (χ0) is 20.4. The molecule has 6 nitrogen and oxygen atoms in total. The van der Waals surface area contributed by atoms with Crippen LogP contribution in [0.4, 0.5) is 0 Å². The van der Waals surface area contributed by atoms with Crippen LogP contribution in [0.1, 0.15) is 33.8 Å². The number of aryl methyl sites for hydroxylation is 2. The lowest BCUT2D eigenvalue weighted by Gasteiger charge is -2.21. The highest BCUT2D eigenvalue weighted by Crippen LogP contribution is 2.41. The maximum absolute atomic E-state index is 13.3. The minimum absolute atomic E-state index is 0.0265. The molecule has 2 aromatic carbocycles. The Kier molecular flexibility index (Phi) is 3.55. The first-order chi connectivity index (χ1) is 13.9. The standard InChI is InChI=1S/C23H20N4O2/c1-12-10-16-17(11-13(12)2)25-21-20(24-16)19(22(21)28)18-14(3)26(4)27(23(18)29)15-8-6-5-7-9-15/h5-11,28H,1-4H3. The highest BCUT2D eigenvalue weighted by Gasteiger charge is 2.35. The number of hydrogen-bond acceptors (Lipinski definition) is 4. The summed E-state index contributed by atoms with van der Waals surface area (Å²) >= 11 is 0. The molecule has 0 radical (unpaired) electrons. The average molecular weight is 384 g/mol. The molecule has 0 saturated carbocycles. The van der Waals surface area contributed by atoms with Gasteiger partial charge in [0.1, 0.15) is 11.4 Å². The predicted molar refractivity (Wildman–Crippen MR) is 113 cm³/mol. The second-order valence-electron chi connectivity index (χ2n) is 7.51. The van der Waals surface area contributed by atoms with E-state index < -0.39 is 0 Å². The van der Waals surface area contributed by atoms with Gasteiger partial charge < -0.3 is 5.11 Å². The number of aliphatic hydroxyl groups is 1. The maximum atomic E-state index is 13.3. The normalized spacial score (nSPS) is 13.0. The smallest absolute Gasteiger partial charge is 0.279 e. The van der Waals surface area contributed by atoms with E-state index in [0.29, 0.717) is 22.5 Å². The van der Waals surface area contributed by atoms with E-state index in [0.717, 1.165) is 33.5 Å². The van der Waals surface area contributed by atoms with E-state index >= 15 is 0 Å². The number of benzene rings is 2. The molecule has 0 atom stereocenters. The van der Waals surface area contributed by atoms with Crippen LogP contribution in [0, 0.1) is 20.8 Å². The number of aliphatic hydroxyl groups excluding tert-OH is 1. The fourth-order valence-electron chi connectivity index (χ4n) is 3.91. The first kappa shape index (κ1) is 17.4. The van der Waals surface area contributed by atoms with Crippen LogP contribution >= 0.6 is 0 Å². The Labute approximate surface area is 167 Å². The van der Waals surface area contributed by atoms with Crippen LogP contribution in [0.25, 0.3) is 28.1 Å². The Morgan fingerprint density at radius 1 is 0.897 bits per heavy atom. The van der Waals surface area contributed by atoms with Crippen molar-refractivity contribution in [2.45, 2.75) is 20.8 Å². The third-order valence-corrected chi connectivity index (χ3v) is 5.78. The van der Waals surface area contributed by atoms with E-state index in [1.165, 1.54) is 0 Å². The topological polar surface area (TPSA) is 72.9 Å². The molecule has 0 amide bonds. The Morgan fingerprint density at radius 3 is 2.10 bits per heavy atom. The monoisotopic (exact) mass is 384 g/mol. The molecular formula is C23H20N4O2. The van der Waals surface area contributed by atoms with Gasteiger partial charge in [0.15, 0.2) is 5.76 Å². The van der Waals surface area contributed by atoms with E-state index in [9.17, 15) is 9.90 Å². The van der Waals surface area contributed by atoms with Gasteiger partial charge in [-0.1, -0.05) is 18.2 Å². The molecule has 0 unspecified atom stereocenters. The molecule has 1 aliphatic rings. The van der Waals surface area contributed by atoms with Crippen molar-refractivity contribution in [3.63, 3.8) is 0 Å². The predicted octanol–water partition coefficient (Wildman–Crippen LogP) is 3.83. The fraction of sp³-hybridized carbons (Fsp3) is 0.174. The highest BCUT2D eigenvalue weighted by atomic mass is 16.3. The zero-order valence-electron chi connectivity index (χ0n) is 16.7. The van der Waals surface area contributed by atoms with Crippen LogP contribution in [0.2, 0.25) is 0 Å². The van der Waals surface area contributed by atoms with Crippen molar-refractivity contribution in [3.05, 3.63) is 86.6 Å². The molecule has 0 spiro atoms. The molecule has 144 valence electrons. The molecule has 5 rings (SSSR count). The molecule has 0 aliphatic heterocycles. The van der Waals surface area contributed by atoms with Crippen LogP contribution in [0.3, 0.4) is 0 Å². The van der Waals surface area contributed by atoms with Gasteiger partial charge in [0.25, 0.3) is 5.56 Å². The molecule has 2 aromatic heterocycles. The summed E-state index contributed by atoms with van der Waals surface area (Å²) in [7, 11) is 1.84. The lowest BCUT2D eigenvalue weighted by atomic mass is 9.89. The van der Waals surface area contributed by atoms with Gasteiger partial charge >= 0.3 is 0 Å². The second kappa shape index (κ2) is 5.91. The molecule has 4 aromatic rings. The third-order valence-electron chi connectivity index (χ3n) is 5.78. The summed E-state index contributed by atoms with van der Waals surface area (Å²) in [6.45, 7) is 5.93. The molecule has 6 heteroatoms. The summed E-state index contributed by atoms with van der Waals surface area (Å²) in [6.07, 6.45) is 0. The van der Waals surface area contributed by atoms with Gasteiger partial charge in [0.2, 0.25) is 0 Å². The van der Waals surface area contributed by atoms with E-state index in [-0.39, 0.29) is 11.3 Å². The molecule has 2 heterocycles. The van der Waals surface area contributed by atoms with Gasteiger partial charge in [0, 0.05) is 12.7 Å². The maximum Gasteiger partial charge on any atom is 0.279 e. The van der Waals surface area contributed by atoms with E-state index in [2.05, 4.69) is 4.98 Å². The zero-order valence-corrected chi connectivity index (χ0v) is 16.7. The number of hydrogen-bond donors (Lipinski definition) is 1. The number of nitrogens with zero attached hydrogens (tertiary/aromatic N) is 4. The Morgan fingerprint density at radius 2 is 1.48 bits per heavy atom. The number of rotatable bonds is 2. The van der Waals surface area contributed by atoms with E-state index in [1.54, 1.807) is 9.36 Å². The van der Waals surface area contributed by atoms with Gasteiger partial charge in [-0.15, -0.1) is 0 Å². The van der Waals surface area contributed by atoms with Gasteiger partial charge in [-0.3, -0.25) is 9.48 Å². The minimum Gasteiger partial charge on any atom is -0.505 e. The molecule has 29 heavy (non-hydrogen) atoms. The van der Waals surface area contributed by atoms with Crippen molar-refractivity contribution in [2.75, 3.05) is 0 Å². The summed E-state index contributed by atoms with van der Waals surface area (Å²) in [4.78, 5) is 22.6. The van der Waals surface area contributed by atoms with Crippen molar-refractivity contribution in [2.24, 2.45) is 7.05 Å². The largest absolute Gasteiger partial charge is 0.505 e. The molecular weight excluding hydrogens is 364 g/mol. The lowest BCUT2D eigenvalue weighted by Crippen LogP contribution is -2.23. The summed E-state index contributed by atoms with van der Waals surface area (Å²) in [5.41, 5.74) is 7.04. The first-order valence-corrected chi connectivity index (χ1v) is 9.46. The average Bonchev–Trinajstić information content (AvgIpc) is 2.92. The second-order valence-corrected chi connectivity index (χ2v) is 7.51. The first-order valence-electron chi connectivity index (χ1n) is 9.46. The summed E-state index contributed by atoms with van der Waals surface area (Å²) in [5.74, 6) is 0.0265. The van der Waals surface area contributed by atoms with Gasteiger partial charge in [-0.25, -0.2) is 14.6 Å². The van der Waals surface area contributed by atoms with Crippen LogP contribution in [-0.4, -0.2) is 24.4 Å². The van der Waals surface area contributed by atoms with Crippen molar-refractivity contribution in [1.29, 1.82) is 0 Å². The number of aromatic nitrogens is 4. The Bertz CT molecular complexity index is 1410. The molecule has 1 N–H and O–H groups in total. The number of para-hydroxylation sites is 1. The molecule has 0 bridgehead atoms. The van der Waals surface area contributed by atoms with Crippen molar-refractivity contribution < 1.29 is 5.11 Å². The van der Waals surface area contributed by atoms with E-state index in [1.807, 2.05) is 70.3 Å². The van der Waals surface area contributed by atoms with Crippen LogP contribution < -0.4 is 5.56 Å². The quantitative estimate of drug-likeness (QED) is 0.570. The van der Waals surface area contributed by atoms with Crippen molar-refractivity contribution in [1.82, 2.24) is 19.3 Å². The summed E-state index contributed by atoms with van der Waals surface area (Å²) < 4.78 is 3.40. The molecule has 0 fully saturated rings. The van der Waals surface area contributed by atoms with Crippen LogP contribution in [-0.2, 0) is 7.05 Å². The van der Waals surface area contributed by atoms with Crippen molar-refractivity contribution in [3.8, 4) is 5.69 Å². The van der Waals surface area contributed by atoms with Crippen molar-refractivity contribution >= 4 is 22.4 Å². The summed E-state index contributed by atoms with van der Waals surface area (Å²) in [6, 6.07) is 13.4. The van der Waals surface area contributed by atoms with Crippen LogP contribution in [0.5, 0.6) is 0 Å². The fourth-order valence-corrected chi connectivity index (χ4v) is 3.91. The van der Waals surface area contributed by atoms with Gasteiger partial charge in [-0.05, 0) is 56.2 Å². The summed E-state index contributed by atoms with van der Waals surface area (Å²) in [5, 5.41) is 10.7. The van der Waals surface area contributed by atoms with E-state index in [4.69, 9.17) is 4.98 Å². The minimum atomic E-state index is -0.189. The van der Waals surface area contributed by atoms with Gasteiger partial charge in [-0.2, -0.15) is 0 Å². The SMILES string of the molecule is Cc1cc2nc3c(nc2cc1C)C(c1c(C)n(C)n(-c2ccccc2)c1=O)=C3O. The third kappa shape index (κ3) is 2.32. The Balaban J connectivity index is 1.73. The lowest BCUT2D eigenvalue weighted by molar-refractivity contribution is 0.504. The number of fused-ring (bicyclic) bond motifs is 2. The highest BCUT2D eigenvalue weighted by molar-refractivity contribution is 6.06. The van der Waals surface area contributed by atoms with Gasteiger partial charge in [0.05, 0.1) is 27.9 Å². The Hall–Kier alpha value is -3.67. The molecule has 1 aliphatic carbocycles.